The van der Waals surface area contributed by atoms with Crippen LogP contribution < -0.4 is 10.2 Å². The van der Waals surface area contributed by atoms with Crippen LogP contribution >= 0.6 is 12.4 Å². The maximum atomic E-state index is 3.45. The van der Waals surface area contributed by atoms with Gasteiger partial charge in [0.15, 0.2) is 0 Å². The summed E-state index contributed by atoms with van der Waals surface area (Å²) >= 11 is 0. The van der Waals surface area contributed by atoms with Gasteiger partial charge in [0, 0.05) is 31.0 Å². The first-order valence-corrected chi connectivity index (χ1v) is 5.97. The summed E-state index contributed by atoms with van der Waals surface area (Å²) in [6, 6.07) is 6.79. The number of aryl methyl sites for hydroxylation is 1. The summed E-state index contributed by atoms with van der Waals surface area (Å²) < 4.78 is 0. The standard InChI is InChI=1S/C13H20N2.ClH/c1-3-15(4-2)12-7-8-13-11(10-12)6-5-9-14-13;/h7-8,10,14H,3-6,9H2,1-2H3;1H. The van der Waals surface area contributed by atoms with E-state index >= 15 is 0 Å². The van der Waals surface area contributed by atoms with Crippen molar-refractivity contribution in [2.24, 2.45) is 0 Å². The number of halogens is 1. The van der Waals surface area contributed by atoms with Crippen molar-refractivity contribution in [3.05, 3.63) is 23.8 Å². The third-order valence-corrected chi connectivity index (χ3v) is 3.16. The van der Waals surface area contributed by atoms with E-state index in [9.17, 15) is 0 Å². The van der Waals surface area contributed by atoms with E-state index in [1.807, 2.05) is 0 Å². The van der Waals surface area contributed by atoms with Crippen LogP contribution in [0.1, 0.15) is 25.8 Å². The number of hydrogen-bond donors (Lipinski definition) is 1. The molecular formula is C13H21ClN2. The van der Waals surface area contributed by atoms with Crippen LogP contribution in [-0.4, -0.2) is 19.6 Å². The van der Waals surface area contributed by atoms with Crippen LogP contribution in [0.4, 0.5) is 11.4 Å². The van der Waals surface area contributed by atoms with Crippen molar-refractivity contribution in [1.82, 2.24) is 0 Å². The van der Waals surface area contributed by atoms with Gasteiger partial charge in [0.2, 0.25) is 0 Å². The highest BCUT2D eigenvalue weighted by Gasteiger charge is 2.10. The molecule has 3 heteroatoms. The summed E-state index contributed by atoms with van der Waals surface area (Å²) in [6.45, 7) is 7.71. The highest BCUT2D eigenvalue weighted by atomic mass is 35.5. The van der Waals surface area contributed by atoms with E-state index in [1.165, 1.54) is 29.8 Å². The van der Waals surface area contributed by atoms with Gasteiger partial charge in [-0.25, -0.2) is 0 Å². The molecule has 0 bridgehead atoms. The highest BCUT2D eigenvalue weighted by molar-refractivity contribution is 5.85. The molecule has 1 N–H and O–H groups in total. The van der Waals surface area contributed by atoms with Crippen molar-refractivity contribution in [2.45, 2.75) is 26.7 Å². The van der Waals surface area contributed by atoms with E-state index in [0.717, 1.165) is 19.6 Å². The lowest BCUT2D eigenvalue weighted by Crippen LogP contribution is -2.22. The molecule has 0 radical (unpaired) electrons. The molecule has 1 heterocycles. The van der Waals surface area contributed by atoms with Gasteiger partial charge in [0.25, 0.3) is 0 Å². The number of anilines is 2. The number of nitrogens with zero attached hydrogens (tertiary/aromatic N) is 1. The second kappa shape index (κ2) is 6.00. The Morgan fingerprint density at radius 2 is 2.00 bits per heavy atom. The quantitative estimate of drug-likeness (QED) is 0.872. The molecule has 0 fully saturated rings. The third kappa shape index (κ3) is 2.62. The fraction of sp³-hybridized carbons (Fsp3) is 0.538. The van der Waals surface area contributed by atoms with E-state index in [0.29, 0.717) is 0 Å². The van der Waals surface area contributed by atoms with Crippen molar-refractivity contribution >= 4 is 23.8 Å². The maximum absolute atomic E-state index is 3.45. The first-order chi connectivity index (χ1) is 7.35. The van der Waals surface area contributed by atoms with Crippen LogP contribution in [0.15, 0.2) is 18.2 Å². The number of hydrogen-bond acceptors (Lipinski definition) is 2. The van der Waals surface area contributed by atoms with Gasteiger partial charge in [0.05, 0.1) is 0 Å². The molecule has 0 amide bonds. The smallest absolute Gasteiger partial charge is 0.0374 e. The molecular weight excluding hydrogens is 220 g/mol. The summed E-state index contributed by atoms with van der Waals surface area (Å²) in [6.07, 6.45) is 2.48. The zero-order valence-electron chi connectivity index (χ0n) is 10.1. The predicted octanol–water partition coefficient (Wildman–Crippen LogP) is 3.31. The van der Waals surface area contributed by atoms with Crippen LogP contribution in [0.2, 0.25) is 0 Å². The molecule has 0 spiro atoms. The Hall–Kier alpha value is -0.890. The fourth-order valence-electron chi connectivity index (χ4n) is 2.25. The van der Waals surface area contributed by atoms with Gasteiger partial charge in [0.1, 0.15) is 0 Å². The number of nitrogens with one attached hydrogen (secondary N) is 1. The summed E-state index contributed by atoms with van der Waals surface area (Å²) in [5.41, 5.74) is 4.17. The Bertz CT molecular complexity index is 335. The van der Waals surface area contributed by atoms with E-state index in [1.54, 1.807) is 0 Å². The van der Waals surface area contributed by atoms with Crippen LogP contribution in [-0.2, 0) is 6.42 Å². The number of rotatable bonds is 3. The average molecular weight is 241 g/mol. The molecule has 0 saturated carbocycles. The van der Waals surface area contributed by atoms with Gasteiger partial charge >= 0.3 is 0 Å². The first-order valence-electron chi connectivity index (χ1n) is 5.97. The summed E-state index contributed by atoms with van der Waals surface area (Å²) in [7, 11) is 0. The minimum Gasteiger partial charge on any atom is -0.385 e. The summed E-state index contributed by atoms with van der Waals surface area (Å²) in [4.78, 5) is 2.40. The Kier molecular flexibility index (Phi) is 4.94. The van der Waals surface area contributed by atoms with Crippen molar-refractivity contribution in [1.29, 1.82) is 0 Å². The van der Waals surface area contributed by atoms with Crippen LogP contribution in [0.3, 0.4) is 0 Å². The summed E-state index contributed by atoms with van der Waals surface area (Å²) in [5, 5.41) is 3.45. The normalized spacial score (nSPS) is 13.4. The Balaban J connectivity index is 0.00000128. The molecule has 90 valence electrons. The number of benzene rings is 1. The van der Waals surface area contributed by atoms with Crippen molar-refractivity contribution in [2.75, 3.05) is 29.9 Å². The minimum absolute atomic E-state index is 0. The minimum atomic E-state index is 0. The van der Waals surface area contributed by atoms with Gasteiger partial charge < -0.3 is 10.2 Å². The second-order valence-corrected chi connectivity index (χ2v) is 4.04. The molecule has 16 heavy (non-hydrogen) atoms. The highest BCUT2D eigenvalue weighted by Crippen LogP contribution is 2.26. The lowest BCUT2D eigenvalue weighted by atomic mass is 10.0. The molecule has 0 aromatic heterocycles. The largest absolute Gasteiger partial charge is 0.385 e. The number of fused-ring (bicyclic) bond motifs is 1. The van der Waals surface area contributed by atoms with Crippen molar-refractivity contribution in [3.8, 4) is 0 Å². The molecule has 1 aromatic rings. The lowest BCUT2D eigenvalue weighted by molar-refractivity contribution is 0.822. The van der Waals surface area contributed by atoms with Gasteiger partial charge in [-0.3, -0.25) is 0 Å². The van der Waals surface area contributed by atoms with E-state index in [-0.39, 0.29) is 12.4 Å². The SMILES string of the molecule is CCN(CC)c1ccc2c(c1)CCCN2.Cl. The van der Waals surface area contributed by atoms with Gasteiger partial charge in [-0.2, -0.15) is 0 Å². The predicted molar refractivity (Wildman–Crippen MR) is 74.1 cm³/mol. The topological polar surface area (TPSA) is 15.3 Å². The molecule has 0 saturated heterocycles. The Labute approximate surface area is 104 Å². The van der Waals surface area contributed by atoms with Crippen LogP contribution in [0, 0.1) is 0 Å². The van der Waals surface area contributed by atoms with Gasteiger partial charge in [-0.1, -0.05) is 0 Å². The molecule has 0 aliphatic carbocycles. The Morgan fingerprint density at radius 1 is 1.25 bits per heavy atom. The average Bonchev–Trinajstić information content (AvgIpc) is 2.30. The zero-order chi connectivity index (χ0) is 10.7. The molecule has 2 nitrogen and oxygen atoms in total. The lowest BCUT2D eigenvalue weighted by Gasteiger charge is -2.24. The first kappa shape index (κ1) is 13.2. The van der Waals surface area contributed by atoms with E-state index in [4.69, 9.17) is 0 Å². The van der Waals surface area contributed by atoms with Gasteiger partial charge in [-0.05, 0) is 50.5 Å². The fourth-order valence-corrected chi connectivity index (χ4v) is 2.25. The molecule has 0 atom stereocenters. The van der Waals surface area contributed by atoms with Crippen molar-refractivity contribution < 1.29 is 0 Å². The van der Waals surface area contributed by atoms with E-state index in [2.05, 4.69) is 42.3 Å². The monoisotopic (exact) mass is 240 g/mol. The third-order valence-electron chi connectivity index (χ3n) is 3.16. The summed E-state index contributed by atoms with van der Waals surface area (Å²) in [5.74, 6) is 0. The zero-order valence-corrected chi connectivity index (χ0v) is 10.9. The van der Waals surface area contributed by atoms with Crippen LogP contribution in [0.25, 0.3) is 0 Å². The molecule has 1 aliphatic heterocycles. The second-order valence-electron chi connectivity index (χ2n) is 4.04. The molecule has 1 aliphatic rings. The molecule has 2 rings (SSSR count). The van der Waals surface area contributed by atoms with Gasteiger partial charge in [-0.15, -0.1) is 12.4 Å². The molecule has 0 unspecified atom stereocenters. The van der Waals surface area contributed by atoms with Crippen molar-refractivity contribution in [3.63, 3.8) is 0 Å². The Morgan fingerprint density at radius 3 is 2.69 bits per heavy atom. The molecule has 1 aromatic carbocycles. The van der Waals surface area contributed by atoms with Crippen LogP contribution in [0.5, 0.6) is 0 Å². The van der Waals surface area contributed by atoms with E-state index < -0.39 is 0 Å². The maximum Gasteiger partial charge on any atom is 0.0374 e.